The van der Waals surface area contributed by atoms with Crippen LogP contribution in [0.25, 0.3) is 39.3 Å². The number of carbonyl (C=O) groups is 1. The Balaban J connectivity index is 1.77. The Morgan fingerprint density at radius 1 is 1.02 bits per heavy atom. The lowest BCUT2D eigenvalue weighted by atomic mass is 9.84. The van der Waals surface area contributed by atoms with E-state index >= 15 is 0 Å². The van der Waals surface area contributed by atoms with Crippen molar-refractivity contribution in [3.05, 3.63) is 75.4 Å². The molecule has 6 rings (SSSR count). The van der Waals surface area contributed by atoms with Crippen LogP contribution in [-0.4, -0.2) is 44.2 Å². The van der Waals surface area contributed by atoms with Crippen molar-refractivity contribution in [1.82, 2.24) is 19.9 Å². The topological polar surface area (TPSA) is 104 Å². The van der Waals surface area contributed by atoms with E-state index in [2.05, 4.69) is 76.3 Å². The van der Waals surface area contributed by atoms with Gasteiger partial charge in [-0.2, -0.15) is 0 Å². The summed E-state index contributed by atoms with van der Waals surface area (Å²) in [5.74, 6) is -0.340. The zero-order valence-corrected chi connectivity index (χ0v) is 25.6. The van der Waals surface area contributed by atoms with Gasteiger partial charge in [-0.3, -0.25) is 9.78 Å². The summed E-state index contributed by atoms with van der Waals surface area (Å²) in [6.45, 7) is 16.8. The molecule has 7 nitrogen and oxygen atoms in total. The normalized spacial score (nSPS) is 21.2. The lowest BCUT2D eigenvalue weighted by Crippen LogP contribution is -2.13. The number of fused-ring (bicyclic) bond motifs is 8. The number of nitrogens with zero attached hydrogens (tertiary/aromatic N) is 2. The minimum Gasteiger partial charge on any atom is -0.469 e. The minimum absolute atomic E-state index is 0.00821. The molecule has 0 aromatic carbocycles. The molecule has 8 bridgehead atoms. The first kappa shape index (κ1) is 28.2. The number of aromatic amines is 2. The van der Waals surface area contributed by atoms with Gasteiger partial charge in [-0.15, -0.1) is 0 Å². The number of H-pyrrole nitrogens is 2. The number of aryl methyl sites for hydroxylation is 3. The first-order valence-corrected chi connectivity index (χ1v) is 14.9. The number of ether oxygens (including phenoxy) is 1. The number of nitrogens with one attached hydrogen (secondary N) is 2. The third-order valence-corrected chi connectivity index (χ3v) is 9.83. The summed E-state index contributed by atoms with van der Waals surface area (Å²) in [7, 11) is 1.43. The van der Waals surface area contributed by atoms with Crippen LogP contribution in [0.4, 0.5) is 0 Å². The molecule has 5 heterocycles. The summed E-state index contributed by atoms with van der Waals surface area (Å²) in [5.41, 5.74) is 15.1. The van der Waals surface area contributed by atoms with Gasteiger partial charge in [0, 0.05) is 68.6 Å². The first-order valence-electron chi connectivity index (χ1n) is 14.9. The van der Waals surface area contributed by atoms with Crippen LogP contribution in [0.15, 0.2) is 24.8 Å². The van der Waals surface area contributed by atoms with Gasteiger partial charge in [0.25, 0.3) is 0 Å². The predicted molar refractivity (Wildman–Crippen MR) is 169 cm³/mol. The first-order chi connectivity index (χ1) is 20.1. The van der Waals surface area contributed by atoms with E-state index < -0.39 is 6.10 Å². The Morgan fingerprint density at radius 3 is 2.43 bits per heavy atom. The number of allylic oxidation sites excluding steroid dienone is 1. The van der Waals surface area contributed by atoms with E-state index in [1.54, 1.807) is 0 Å². The number of rotatable bonds is 5. The Morgan fingerprint density at radius 2 is 1.74 bits per heavy atom. The average molecular weight is 565 g/mol. The summed E-state index contributed by atoms with van der Waals surface area (Å²) >= 11 is 0. The molecule has 2 aliphatic heterocycles. The molecule has 1 aliphatic carbocycles. The van der Waals surface area contributed by atoms with E-state index in [4.69, 9.17) is 14.7 Å². The van der Waals surface area contributed by atoms with Crippen LogP contribution in [0.5, 0.6) is 0 Å². The molecular weight excluding hydrogens is 524 g/mol. The molecule has 0 saturated carbocycles. The van der Waals surface area contributed by atoms with E-state index in [0.29, 0.717) is 12.8 Å². The second-order valence-corrected chi connectivity index (χ2v) is 12.0. The van der Waals surface area contributed by atoms with E-state index in [9.17, 15) is 9.90 Å². The van der Waals surface area contributed by atoms with Crippen molar-refractivity contribution >= 4 is 45.3 Å². The summed E-state index contributed by atoms with van der Waals surface area (Å²) < 4.78 is 4.99. The molecule has 42 heavy (non-hydrogen) atoms. The number of hydrogen-bond acceptors (Lipinski definition) is 5. The van der Waals surface area contributed by atoms with E-state index in [0.717, 1.165) is 79.1 Å². The summed E-state index contributed by atoms with van der Waals surface area (Å²) in [6, 6.07) is 6.42. The van der Waals surface area contributed by atoms with Crippen LogP contribution in [-0.2, 0) is 16.0 Å². The quantitative estimate of drug-likeness (QED) is 0.280. The van der Waals surface area contributed by atoms with Crippen molar-refractivity contribution in [3.8, 4) is 0 Å². The van der Waals surface area contributed by atoms with Gasteiger partial charge in [-0.05, 0) is 74.1 Å². The maximum absolute atomic E-state index is 12.2. The van der Waals surface area contributed by atoms with Crippen LogP contribution in [0.3, 0.4) is 0 Å². The number of esters is 1. The van der Waals surface area contributed by atoms with Gasteiger partial charge in [0.2, 0.25) is 0 Å². The van der Waals surface area contributed by atoms with Gasteiger partial charge < -0.3 is 19.8 Å². The highest BCUT2D eigenvalue weighted by molar-refractivity contribution is 5.97. The van der Waals surface area contributed by atoms with Crippen molar-refractivity contribution in [2.45, 2.75) is 84.7 Å². The van der Waals surface area contributed by atoms with E-state index in [1.165, 1.54) is 18.2 Å². The van der Waals surface area contributed by atoms with E-state index in [-0.39, 0.29) is 23.7 Å². The van der Waals surface area contributed by atoms with Gasteiger partial charge in [0.05, 0.1) is 30.3 Å². The number of aliphatic hydroxyl groups is 1. The molecule has 0 radical (unpaired) electrons. The molecule has 3 aliphatic rings. The minimum atomic E-state index is -0.667. The molecule has 0 saturated heterocycles. The number of hydrogen-bond donors (Lipinski definition) is 3. The van der Waals surface area contributed by atoms with Crippen molar-refractivity contribution in [3.63, 3.8) is 0 Å². The van der Waals surface area contributed by atoms with Gasteiger partial charge in [-0.25, -0.2) is 4.98 Å². The Hall–Kier alpha value is -3.97. The molecule has 3 N–H and O–H groups in total. The summed E-state index contributed by atoms with van der Waals surface area (Å²) in [6.07, 6.45) is 3.03. The molecule has 0 fully saturated rings. The third kappa shape index (κ3) is 4.17. The van der Waals surface area contributed by atoms with Gasteiger partial charge in [-0.1, -0.05) is 33.4 Å². The molecule has 3 aromatic heterocycles. The molecule has 218 valence electrons. The number of aromatic nitrogens is 4. The van der Waals surface area contributed by atoms with Gasteiger partial charge >= 0.3 is 5.97 Å². The second kappa shape index (κ2) is 10.4. The standard InChI is InChI=1S/C35H40N4O3/c1-9-21-16(3)24-13-26-18(5)23(11-12-30(40)42-8)33(38-26)31-20(7)35(41)32-19(6)27(39-34(31)32)15-29-22(10-2)17(4)25(37-29)14-28(21)36-24/h9,13-15,18,20,23,35-37,41H,1,10-12H2,2-8H3. The summed E-state index contributed by atoms with van der Waals surface area (Å²) in [4.78, 5) is 30.0. The lowest BCUT2D eigenvalue weighted by Gasteiger charge is -2.19. The van der Waals surface area contributed by atoms with E-state index in [1.807, 2.05) is 6.08 Å². The van der Waals surface area contributed by atoms with Gasteiger partial charge in [0.1, 0.15) is 0 Å². The fourth-order valence-electron chi connectivity index (χ4n) is 7.22. The van der Waals surface area contributed by atoms with Crippen LogP contribution in [0.1, 0.15) is 109 Å². The lowest BCUT2D eigenvalue weighted by molar-refractivity contribution is -0.140. The average Bonchev–Trinajstić information content (AvgIpc) is 3.69. The Bertz CT molecular complexity index is 1840. The maximum Gasteiger partial charge on any atom is 0.305 e. The van der Waals surface area contributed by atoms with Crippen molar-refractivity contribution in [2.75, 3.05) is 7.11 Å². The van der Waals surface area contributed by atoms with Crippen LogP contribution in [0, 0.1) is 13.8 Å². The Kier molecular flexibility index (Phi) is 6.97. The van der Waals surface area contributed by atoms with Crippen LogP contribution >= 0.6 is 0 Å². The largest absolute Gasteiger partial charge is 0.469 e. The molecule has 4 unspecified atom stereocenters. The molecule has 3 aromatic rings. The summed E-state index contributed by atoms with van der Waals surface area (Å²) in [5, 5.41) is 11.5. The monoisotopic (exact) mass is 564 g/mol. The fourth-order valence-corrected chi connectivity index (χ4v) is 7.22. The molecule has 4 atom stereocenters. The van der Waals surface area contributed by atoms with Crippen molar-refractivity contribution in [1.29, 1.82) is 0 Å². The molecule has 0 spiro atoms. The highest BCUT2D eigenvalue weighted by atomic mass is 16.5. The number of methoxy groups -OCH3 is 1. The van der Waals surface area contributed by atoms with Gasteiger partial charge in [0.15, 0.2) is 0 Å². The number of carbonyl (C=O) groups excluding carboxylic acids is 1. The van der Waals surface area contributed by atoms with Crippen molar-refractivity contribution < 1.29 is 14.6 Å². The van der Waals surface area contributed by atoms with Crippen LogP contribution in [0.2, 0.25) is 0 Å². The number of aliphatic hydroxyl groups excluding tert-OH is 1. The highest BCUT2D eigenvalue weighted by Crippen LogP contribution is 2.51. The molecule has 7 heteroatoms. The zero-order valence-electron chi connectivity index (χ0n) is 25.6. The smallest absolute Gasteiger partial charge is 0.305 e. The zero-order chi connectivity index (χ0) is 30.0. The Labute approximate surface area is 246 Å². The second-order valence-electron chi connectivity index (χ2n) is 12.0. The highest BCUT2D eigenvalue weighted by Gasteiger charge is 2.43. The predicted octanol–water partition coefficient (Wildman–Crippen LogP) is 7.39. The fraction of sp³-hybridized carbons (Fsp3) is 0.400. The maximum atomic E-state index is 12.2. The molecular formula is C35H40N4O3. The van der Waals surface area contributed by atoms with Crippen LogP contribution < -0.4 is 0 Å². The van der Waals surface area contributed by atoms with Crippen molar-refractivity contribution in [2.24, 2.45) is 0 Å². The third-order valence-electron chi connectivity index (χ3n) is 9.83. The SMILES string of the molecule is C=Cc1c(C)c2cc3nc(c4c5nc(cc6[nH]c(cc1[nH]2)c(C)c6CC)C(C)=C5C(O)C4C)C(CCC(=O)OC)C3C. The molecule has 0 amide bonds.